The number of rotatable bonds is 3. The van der Waals surface area contributed by atoms with Gasteiger partial charge in [0, 0.05) is 0 Å². The largest absolute Gasteiger partial charge is 0.481 e. The third kappa shape index (κ3) is 1.73. The number of aliphatic hydroxyl groups is 1. The molecule has 4 heteroatoms. The van der Waals surface area contributed by atoms with Crippen molar-refractivity contribution in [2.75, 3.05) is 6.79 Å². The van der Waals surface area contributed by atoms with Crippen molar-refractivity contribution in [2.24, 2.45) is 0 Å². The Morgan fingerprint density at radius 2 is 2.07 bits per heavy atom. The second-order valence-electron chi connectivity index (χ2n) is 3.54. The summed E-state index contributed by atoms with van der Waals surface area (Å²) in [5, 5.41) is 17.7. The normalized spacial score (nSPS) is 23.8. The number of carbonyl (C=O) groups is 1. The zero-order valence-electron chi connectivity index (χ0n) is 8.09. The number of hydrogen-bond donors (Lipinski definition) is 2. The van der Waals surface area contributed by atoms with E-state index in [2.05, 4.69) is 0 Å². The van der Waals surface area contributed by atoms with E-state index >= 15 is 0 Å². The number of fused-ring (bicyclic) bond motifs is 1. The predicted molar refractivity (Wildman–Crippen MR) is 52.3 cm³/mol. The minimum absolute atomic E-state index is 0.299. The monoisotopic (exact) mass is 208 g/mol. The number of aliphatic hydroxyl groups excluding tert-OH is 1. The van der Waals surface area contributed by atoms with Crippen molar-refractivity contribution >= 4 is 5.97 Å². The molecule has 0 fully saturated rings. The second kappa shape index (κ2) is 4.00. The molecule has 0 saturated carbocycles. The number of hydrogen-bond acceptors (Lipinski definition) is 3. The Balaban J connectivity index is 2.35. The van der Waals surface area contributed by atoms with Gasteiger partial charge in [0.25, 0.3) is 0 Å². The lowest BCUT2D eigenvalue weighted by Gasteiger charge is -2.09. The van der Waals surface area contributed by atoms with E-state index in [1.54, 1.807) is 6.07 Å². The summed E-state index contributed by atoms with van der Waals surface area (Å²) in [5.41, 5.74) is 1.67. The number of carboxylic acid groups (broad SMARTS) is 1. The second-order valence-corrected chi connectivity index (χ2v) is 3.54. The van der Waals surface area contributed by atoms with Crippen molar-refractivity contribution in [3.8, 4) is 0 Å². The summed E-state index contributed by atoms with van der Waals surface area (Å²) < 4.78 is 5.10. The van der Waals surface area contributed by atoms with Gasteiger partial charge in [-0.05, 0) is 17.5 Å². The van der Waals surface area contributed by atoms with Crippen LogP contribution in [-0.2, 0) is 9.53 Å². The van der Waals surface area contributed by atoms with Crippen molar-refractivity contribution in [3.05, 3.63) is 35.4 Å². The molecule has 4 nitrogen and oxygen atoms in total. The lowest BCUT2D eigenvalue weighted by atomic mass is 10.0. The molecule has 0 aliphatic heterocycles. The Labute approximate surface area is 87.1 Å². The van der Waals surface area contributed by atoms with E-state index in [-0.39, 0.29) is 12.9 Å². The molecular weight excluding hydrogens is 196 g/mol. The quantitative estimate of drug-likeness (QED) is 0.734. The molecule has 2 atom stereocenters. The molecule has 0 radical (unpaired) electrons. The third-order valence-corrected chi connectivity index (χ3v) is 2.74. The fourth-order valence-corrected chi connectivity index (χ4v) is 2.07. The van der Waals surface area contributed by atoms with Crippen molar-refractivity contribution < 1.29 is 19.7 Å². The number of aliphatic carboxylic acids is 1. The Morgan fingerprint density at radius 3 is 2.67 bits per heavy atom. The first kappa shape index (κ1) is 10.1. The Bertz CT molecular complexity index is 375. The van der Waals surface area contributed by atoms with Crippen LogP contribution in [0.2, 0.25) is 0 Å². The minimum Gasteiger partial charge on any atom is -0.481 e. The van der Waals surface area contributed by atoms with Crippen LogP contribution in [0.4, 0.5) is 0 Å². The molecule has 0 amide bonds. The molecule has 1 aromatic rings. The molecule has 1 aliphatic rings. The van der Waals surface area contributed by atoms with Crippen molar-refractivity contribution in [2.45, 2.75) is 18.4 Å². The van der Waals surface area contributed by atoms with E-state index in [1.165, 1.54) is 0 Å². The van der Waals surface area contributed by atoms with E-state index < -0.39 is 11.9 Å². The lowest BCUT2D eigenvalue weighted by Crippen LogP contribution is -2.08. The van der Waals surface area contributed by atoms with Gasteiger partial charge in [0.15, 0.2) is 0 Å². The van der Waals surface area contributed by atoms with E-state index in [4.69, 9.17) is 14.9 Å². The van der Waals surface area contributed by atoms with Gasteiger partial charge in [0.1, 0.15) is 6.79 Å². The van der Waals surface area contributed by atoms with Crippen LogP contribution in [0, 0.1) is 0 Å². The molecule has 1 aromatic carbocycles. The maximum absolute atomic E-state index is 11.0. The van der Waals surface area contributed by atoms with Crippen LogP contribution in [0.25, 0.3) is 0 Å². The first-order valence-corrected chi connectivity index (χ1v) is 4.78. The maximum atomic E-state index is 11.0. The molecule has 1 aliphatic carbocycles. The van der Waals surface area contributed by atoms with Crippen molar-refractivity contribution in [1.29, 1.82) is 0 Å². The van der Waals surface area contributed by atoms with Gasteiger partial charge in [-0.3, -0.25) is 4.79 Å². The van der Waals surface area contributed by atoms with E-state index in [1.807, 2.05) is 18.2 Å². The van der Waals surface area contributed by atoms with Gasteiger partial charge >= 0.3 is 5.97 Å². The Hall–Kier alpha value is -1.39. The highest BCUT2D eigenvalue weighted by atomic mass is 16.6. The van der Waals surface area contributed by atoms with Gasteiger partial charge in [-0.1, -0.05) is 24.3 Å². The molecular formula is C11H12O4. The summed E-state index contributed by atoms with van der Waals surface area (Å²) in [6, 6.07) is 7.31. The van der Waals surface area contributed by atoms with E-state index in [9.17, 15) is 4.79 Å². The fraction of sp³-hybridized carbons (Fsp3) is 0.364. The number of carboxylic acids is 1. The first-order chi connectivity index (χ1) is 7.24. The summed E-state index contributed by atoms with van der Waals surface area (Å²) >= 11 is 0. The lowest BCUT2D eigenvalue weighted by molar-refractivity contribution is -0.139. The molecule has 2 rings (SSSR count). The average molecular weight is 208 g/mol. The SMILES string of the molecule is O=C(O)C1CC(OCO)c2ccccc21. The summed E-state index contributed by atoms with van der Waals surface area (Å²) in [6.07, 6.45) is 0.0993. The highest BCUT2D eigenvalue weighted by Gasteiger charge is 2.35. The molecule has 0 aromatic heterocycles. The first-order valence-electron chi connectivity index (χ1n) is 4.78. The van der Waals surface area contributed by atoms with Crippen LogP contribution < -0.4 is 0 Å². The molecule has 2 unspecified atom stereocenters. The van der Waals surface area contributed by atoms with Gasteiger partial charge in [-0.25, -0.2) is 0 Å². The predicted octanol–water partition coefficient (Wildman–Crippen LogP) is 1.27. The Kier molecular flexibility index (Phi) is 2.70. The Morgan fingerprint density at radius 1 is 1.40 bits per heavy atom. The van der Waals surface area contributed by atoms with Crippen LogP contribution in [-0.4, -0.2) is 23.0 Å². The van der Waals surface area contributed by atoms with Gasteiger partial charge in [-0.2, -0.15) is 0 Å². The summed E-state index contributed by atoms with van der Waals surface area (Å²) in [5.74, 6) is -1.36. The molecule has 0 heterocycles. The van der Waals surface area contributed by atoms with Crippen LogP contribution >= 0.6 is 0 Å². The van der Waals surface area contributed by atoms with Gasteiger partial charge in [0.05, 0.1) is 12.0 Å². The van der Waals surface area contributed by atoms with Crippen LogP contribution in [0.5, 0.6) is 0 Å². The summed E-state index contributed by atoms with van der Waals surface area (Å²) in [6.45, 7) is -0.384. The van der Waals surface area contributed by atoms with Crippen molar-refractivity contribution in [1.82, 2.24) is 0 Å². The van der Waals surface area contributed by atoms with Gasteiger partial charge < -0.3 is 14.9 Å². The molecule has 80 valence electrons. The molecule has 15 heavy (non-hydrogen) atoms. The summed E-state index contributed by atoms with van der Waals surface area (Å²) in [7, 11) is 0. The topological polar surface area (TPSA) is 66.8 Å². The minimum atomic E-state index is -0.841. The van der Waals surface area contributed by atoms with Gasteiger partial charge in [-0.15, -0.1) is 0 Å². The average Bonchev–Trinajstić information content (AvgIpc) is 2.59. The molecule has 0 bridgehead atoms. The smallest absolute Gasteiger partial charge is 0.311 e. The molecule has 2 N–H and O–H groups in total. The highest BCUT2D eigenvalue weighted by molar-refractivity contribution is 5.78. The van der Waals surface area contributed by atoms with Crippen LogP contribution in [0.15, 0.2) is 24.3 Å². The molecule has 0 saturated heterocycles. The number of benzene rings is 1. The van der Waals surface area contributed by atoms with Crippen LogP contribution in [0.3, 0.4) is 0 Å². The standard InChI is InChI=1S/C11H12O4/c12-6-15-10-5-9(11(13)14)7-3-1-2-4-8(7)10/h1-4,9-10,12H,5-6H2,(H,13,14). The van der Waals surface area contributed by atoms with E-state index in [0.717, 1.165) is 11.1 Å². The zero-order chi connectivity index (χ0) is 10.8. The van der Waals surface area contributed by atoms with Gasteiger partial charge in [0.2, 0.25) is 0 Å². The van der Waals surface area contributed by atoms with E-state index in [0.29, 0.717) is 6.42 Å². The maximum Gasteiger partial charge on any atom is 0.311 e. The number of ether oxygens (including phenoxy) is 1. The zero-order valence-corrected chi connectivity index (χ0v) is 8.09. The summed E-state index contributed by atoms with van der Waals surface area (Å²) in [4.78, 5) is 11.0. The molecule has 0 spiro atoms. The fourth-order valence-electron chi connectivity index (χ4n) is 2.07. The third-order valence-electron chi connectivity index (χ3n) is 2.74. The van der Waals surface area contributed by atoms with Crippen LogP contribution in [0.1, 0.15) is 29.6 Å². The highest BCUT2D eigenvalue weighted by Crippen LogP contribution is 2.42. The van der Waals surface area contributed by atoms with Crippen molar-refractivity contribution in [3.63, 3.8) is 0 Å².